The molecule has 0 aliphatic heterocycles. The van der Waals surface area contributed by atoms with Crippen LogP contribution in [0.5, 0.6) is 0 Å². The van der Waals surface area contributed by atoms with Crippen LogP contribution in [0.1, 0.15) is 41.4 Å². The summed E-state index contributed by atoms with van der Waals surface area (Å²) in [7, 11) is -1.12. The van der Waals surface area contributed by atoms with E-state index in [1.54, 1.807) is 6.92 Å². The molecule has 0 radical (unpaired) electrons. The van der Waals surface area contributed by atoms with Crippen LogP contribution in [0.15, 0.2) is 4.42 Å². The van der Waals surface area contributed by atoms with Crippen molar-refractivity contribution in [1.82, 2.24) is 0 Å². The summed E-state index contributed by atoms with van der Waals surface area (Å²) in [6, 6.07) is 0. The van der Waals surface area contributed by atoms with E-state index in [4.69, 9.17) is 4.42 Å². The van der Waals surface area contributed by atoms with Crippen LogP contribution in [0.2, 0.25) is 0 Å². The molecule has 0 aliphatic rings. The van der Waals surface area contributed by atoms with Crippen LogP contribution in [-0.2, 0) is 6.42 Å². The molecule has 2 nitrogen and oxygen atoms in total. The molecule has 0 spiro atoms. The second-order valence-electron chi connectivity index (χ2n) is 3.37. The van der Waals surface area contributed by atoms with E-state index in [1.807, 2.05) is 13.8 Å². The third-order valence-corrected chi connectivity index (χ3v) is 4.95. The summed E-state index contributed by atoms with van der Waals surface area (Å²) in [4.78, 5) is 11.4. The molecule has 0 fully saturated rings. The summed E-state index contributed by atoms with van der Waals surface area (Å²) >= 11 is 0. The fourth-order valence-corrected chi connectivity index (χ4v) is 4.25. The van der Waals surface area contributed by atoms with E-state index in [1.165, 1.54) is 5.17 Å². The molecule has 0 saturated heterocycles. The Morgan fingerprint density at radius 1 is 1.46 bits per heavy atom. The van der Waals surface area contributed by atoms with E-state index in [0.29, 0.717) is 5.41 Å². The van der Waals surface area contributed by atoms with Gasteiger partial charge in [0.2, 0.25) is 0 Å². The van der Waals surface area contributed by atoms with Crippen LogP contribution >= 0.6 is 0 Å². The van der Waals surface area contributed by atoms with Crippen molar-refractivity contribution < 1.29 is 9.21 Å². The first-order valence-corrected chi connectivity index (χ1v) is 6.17. The molecule has 72 valence electrons. The normalized spacial score (nSPS) is 10.5. The lowest BCUT2D eigenvalue weighted by molar-refractivity contribution is 0.105. The lowest BCUT2D eigenvalue weighted by Gasteiger charge is -1.97. The van der Waals surface area contributed by atoms with Crippen molar-refractivity contribution in [3.63, 3.8) is 0 Å². The quantitative estimate of drug-likeness (QED) is 0.695. The van der Waals surface area contributed by atoms with Gasteiger partial charge in [0.1, 0.15) is 5.41 Å². The summed E-state index contributed by atoms with van der Waals surface area (Å²) in [5, 5.41) is 2.51. The minimum Gasteiger partial charge on any atom is -0.472 e. The van der Waals surface area contributed by atoms with Gasteiger partial charge in [-0.1, -0.05) is 13.3 Å². The third kappa shape index (κ3) is 1.96. The molecular formula is C10H16O2Si. The Labute approximate surface area is 80.5 Å². The molecule has 0 saturated carbocycles. The Kier molecular flexibility index (Phi) is 3.20. The van der Waals surface area contributed by atoms with Crippen LogP contribution in [0, 0.1) is 13.8 Å². The van der Waals surface area contributed by atoms with Crippen molar-refractivity contribution in [2.45, 2.75) is 40.5 Å². The van der Waals surface area contributed by atoms with E-state index in [0.717, 1.165) is 24.0 Å². The molecule has 0 aliphatic carbocycles. The van der Waals surface area contributed by atoms with Gasteiger partial charge in [-0.2, -0.15) is 0 Å². The molecule has 0 N–H and O–H groups in total. The highest BCUT2D eigenvalue weighted by Gasteiger charge is 2.18. The second-order valence-corrected chi connectivity index (χ2v) is 6.14. The Balaban J connectivity index is 3.20. The largest absolute Gasteiger partial charge is 0.472 e. The first-order valence-electron chi connectivity index (χ1n) is 4.67. The fourth-order valence-electron chi connectivity index (χ4n) is 1.74. The number of aryl methyl sites for hydroxylation is 2. The molecular weight excluding hydrogens is 180 g/mol. The number of carbonyl (C=O) groups is 1. The van der Waals surface area contributed by atoms with Crippen LogP contribution in [0.3, 0.4) is 0 Å². The first kappa shape index (κ1) is 10.4. The van der Waals surface area contributed by atoms with Gasteiger partial charge in [-0.05, 0) is 32.4 Å². The summed E-state index contributed by atoms with van der Waals surface area (Å²) < 4.78 is 5.52. The number of hydrogen-bond acceptors (Lipinski definition) is 2. The van der Waals surface area contributed by atoms with Gasteiger partial charge < -0.3 is 9.21 Å². The topological polar surface area (TPSA) is 30.2 Å². The number of hydrogen-bond donors (Lipinski definition) is 0. The SMILES string of the molecule is CCCc1c(C)oc(C)[si]1C(C)=O. The van der Waals surface area contributed by atoms with Gasteiger partial charge in [0.25, 0.3) is 0 Å². The standard InChI is InChI=1S/C10H16O2Si/c1-5-6-10-7(2)12-9(4)13(10)8(3)11/h5-6H2,1-4H3. The predicted octanol–water partition coefficient (Wildman–Crippen LogP) is 2.53. The van der Waals surface area contributed by atoms with Gasteiger partial charge in [0.15, 0.2) is 8.40 Å². The summed E-state index contributed by atoms with van der Waals surface area (Å²) in [5.74, 6) is 0.975. The molecule has 3 heteroatoms. The van der Waals surface area contributed by atoms with Crippen molar-refractivity contribution in [2.24, 2.45) is 0 Å². The molecule has 0 aromatic carbocycles. The van der Waals surface area contributed by atoms with Crippen molar-refractivity contribution in [3.05, 3.63) is 16.3 Å². The van der Waals surface area contributed by atoms with Crippen LogP contribution in [0.4, 0.5) is 0 Å². The maximum Gasteiger partial charge on any atom is 0.173 e. The average molecular weight is 196 g/mol. The highest BCUT2D eigenvalue weighted by molar-refractivity contribution is 6.86. The summed E-state index contributed by atoms with van der Waals surface area (Å²) in [6.07, 6.45) is 2.10. The molecule has 1 aromatic rings. The van der Waals surface area contributed by atoms with Crippen molar-refractivity contribution in [3.8, 4) is 0 Å². The van der Waals surface area contributed by atoms with Crippen LogP contribution in [-0.4, -0.2) is 13.8 Å². The van der Waals surface area contributed by atoms with E-state index in [9.17, 15) is 4.79 Å². The Morgan fingerprint density at radius 3 is 2.54 bits per heavy atom. The Hall–Kier alpha value is -0.703. The second kappa shape index (κ2) is 4.00. The monoisotopic (exact) mass is 196 g/mol. The van der Waals surface area contributed by atoms with Gasteiger partial charge in [0, 0.05) is 0 Å². The van der Waals surface area contributed by atoms with Crippen molar-refractivity contribution in [1.29, 1.82) is 0 Å². The molecule has 13 heavy (non-hydrogen) atoms. The lowest BCUT2D eigenvalue weighted by Crippen LogP contribution is -2.13. The van der Waals surface area contributed by atoms with Crippen LogP contribution in [0.25, 0.3) is 0 Å². The fraction of sp³-hybridized carbons (Fsp3) is 0.600. The predicted molar refractivity (Wildman–Crippen MR) is 54.4 cm³/mol. The zero-order valence-electron chi connectivity index (χ0n) is 8.73. The maximum absolute atomic E-state index is 11.4. The third-order valence-electron chi connectivity index (χ3n) is 2.24. The van der Waals surface area contributed by atoms with Crippen molar-refractivity contribution in [2.75, 3.05) is 0 Å². The molecule has 0 atom stereocenters. The molecule has 0 amide bonds. The maximum atomic E-state index is 11.4. The van der Waals surface area contributed by atoms with Crippen LogP contribution < -0.4 is 0 Å². The van der Waals surface area contributed by atoms with Gasteiger partial charge in [-0.3, -0.25) is 0 Å². The van der Waals surface area contributed by atoms with Gasteiger partial charge in [-0.15, -0.1) is 0 Å². The van der Waals surface area contributed by atoms with Gasteiger partial charge in [0.05, 0.1) is 11.1 Å². The Bertz CT molecular complexity index is 326. The molecule has 0 bridgehead atoms. The summed E-state index contributed by atoms with van der Waals surface area (Å²) in [5.41, 5.74) is 0. The molecule has 1 aromatic heterocycles. The molecule has 0 unspecified atom stereocenters. The van der Waals surface area contributed by atoms with Crippen molar-refractivity contribution >= 4 is 13.8 Å². The highest BCUT2D eigenvalue weighted by Crippen LogP contribution is 2.15. The van der Waals surface area contributed by atoms with E-state index < -0.39 is 8.40 Å². The highest BCUT2D eigenvalue weighted by atomic mass is 28.2. The molecule has 1 rings (SSSR count). The average Bonchev–Trinajstić information content (AvgIpc) is 2.27. The zero-order chi connectivity index (χ0) is 10.0. The lowest BCUT2D eigenvalue weighted by atomic mass is 10.3. The number of carbonyl (C=O) groups excluding carboxylic acids is 1. The minimum atomic E-state index is -1.12. The smallest absolute Gasteiger partial charge is 0.173 e. The van der Waals surface area contributed by atoms with Gasteiger partial charge >= 0.3 is 0 Å². The van der Waals surface area contributed by atoms with E-state index in [-0.39, 0.29) is 0 Å². The van der Waals surface area contributed by atoms with E-state index in [2.05, 4.69) is 6.92 Å². The molecule has 1 heterocycles. The number of rotatable bonds is 3. The Morgan fingerprint density at radius 2 is 2.08 bits per heavy atom. The summed E-state index contributed by atoms with van der Waals surface area (Å²) in [6.45, 7) is 7.71. The zero-order valence-corrected chi connectivity index (χ0v) is 9.73. The first-order chi connectivity index (χ1) is 6.07. The van der Waals surface area contributed by atoms with Gasteiger partial charge in [-0.25, -0.2) is 0 Å². The minimum absolute atomic E-state index is 0.294. The van der Waals surface area contributed by atoms with E-state index >= 15 is 0 Å².